The minimum Gasteiger partial charge on any atom is -0.206 e. The van der Waals surface area contributed by atoms with Crippen LogP contribution in [0.4, 0.5) is 8.78 Å². The Bertz CT molecular complexity index is 86.1. The monoisotopic (exact) mass is 168 g/mol. The molecule has 0 saturated heterocycles. The highest BCUT2D eigenvalue weighted by Crippen LogP contribution is 2.20. The molecule has 0 aromatic carbocycles. The second kappa shape index (κ2) is 4.16. The van der Waals surface area contributed by atoms with Crippen molar-refractivity contribution in [1.29, 1.82) is 0 Å². The maximum Gasteiger partial charge on any atom is 0.254 e. The van der Waals surface area contributed by atoms with Gasteiger partial charge in [0.15, 0.2) is 0 Å². The average Bonchev–Trinajstić information content (AvgIpc) is 1.59. The summed E-state index contributed by atoms with van der Waals surface area (Å²) in [4.78, 5) is 0. The Morgan fingerprint density at radius 3 is 2.20 bits per heavy atom. The Morgan fingerprint density at radius 1 is 1.40 bits per heavy atom. The maximum atomic E-state index is 12.2. The van der Waals surface area contributed by atoms with E-state index >= 15 is 0 Å². The summed E-state index contributed by atoms with van der Waals surface area (Å²) in [5, 5.41) is 0. The van der Waals surface area contributed by atoms with Crippen LogP contribution in [0.1, 0.15) is 20.8 Å². The van der Waals surface area contributed by atoms with Gasteiger partial charge in [-0.25, -0.2) is 8.78 Å². The number of rotatable bonds is 4. The van der Waals surface area contributed by atoms with Crippen molar-refractivity contribution < 1.29 is 8.78 Å². The van der Waals surface area contributed by atoms with Gasteiger partial charge in [0.05, 0.1) is 5.75 Å². The molecule has 0 amide bonds. The molecule has 0 radical (unpaired) electrons. The second-order valence-electron chi connectivity index (χ2n) is 2.98. The molecule has 3 heteroatoms. The lowest BCUT2D eigenvalue weighted by Gasteiger charge is -2.09. The Balaban J connectivity index is 3.21. The Morgan fingerprint density at radius 2 is 1.90 bits per heavy atom. The van der Waals surface area contributed by atoms with E-state index in [4.69, 9.17) is 0 Å². The summed E-state index contributed by atoms with van der Waals surface area (Å²) in [5.74, 6) is -1.22. The zero-order chi connectivity index (χ0) is 8.20. The molecule has 0 unspecified atom stereocenters. The minimum absolute atomic E-state index is 0.0504. The van der Waals surface area contributed by atoms with Crippen LogP contribution >= 0.6 is 11.8 Å². The highest BCUT2D eigenvalue weighted by Gasteiger charge is 2.20. The van der Waals surface area contributed by atoms with Gasteiger partial charge < -0.3 is 0 Å². The third kappa shape index (κ3) is 8.21. The Labute approximate surface area is 65.4 Å². The van der Waals surface area contributed by atoms with Gasteiger partial charge in [0, 0.05) is 6.92 Å². The van der Waals surface area contributed by atoms with Crippen molar-refractivity contribution in [2.45, 2.75) is 26.7 Å². The van der Waals surface area contributed by atoms with Gasteiger partial charge in [0.1, 0.15) is 0 Å². The average molecular weight is 168 g/mol. The Hall–Kier alpha value is 0.210. The van der Waals surface area contributed by atoms with Crippen LogP contribution in [0.3, 0.4) is 0 Å². The zero-order valence-corrected chi connectivity index (χ0v) is 7.47. The van der Waals surface area contributed by atoms with Crippen molar-refractivity contribution >= 4 is 11.8 Å². The number of halogens is 2. The van der Waals surface area contributed by atoms with Crippen molar-refractivity contribution in [2.24, 2.45) is 5.92 Å². The van der Waals surface area contributed by atoms with Crippen molar-refractivity contribution in [2.75, 3.05) is 11.5 Å². The molecule has 0 nitrogen and oxygen atoms in total. The molecule has 0 fully saturated rings. The lowest BCUT2D eigenvalue weighted by atomic mass is 10.3. The minimum atomic E-state index is -2.50. The number of hydrogen-bond donors (Lipinski definition) is 0. The van der Waals surface area contributed by atoms with Gasteiger partial charge in [0.2, 0.25) is 0 Å². The maximum absolute atomic E-state index is 12.2. The van der Waals surface area contributed by atoms with E-state index in [2.05, 4.69) is 0 Å². The largest absolute Gasteiger partial charge is 0.254 e. The van der Waals surface area contributed by atoms with Gasteiger partial charge in [-0.3, -0.25) is 0 Å². The van der Waals surface area contributed by atoms with Crippen LogP contribution in [0, 0.1) is 5.92 Å². The van der Waals surface area contributed by atoms with Gasteiger partial charge in [-0.2, -0.15) is 11.8 Å². The topological polar surface area (TPSA) is 0 Å². The van der Waals surface area contributed by atoms with Gasteiger partial charge in [-0.05, 0) is 11.7 Å². The normalized spacial score (nSPS) is 12.6. The molecule has 0 aromatic rings. The molecule has 62 valence electrons. The summed E-state index contributed by atoms with van der Waals surface area (Å²) in [7, 11) is 0. The van der Waals surface area contributed by atoms with Gasteiger partial charge in [-0.15, -0.1) is 0 Å². The molecule has 0 aliphatic rings. The summed E-state index contributed by atoms with van der Waals surface area (Å²) >= 11 is 1.32. The molecule has 0 spiro atoms. The first-order valence-corrected chi connectivity index (χ1v) is 4.53. The summed E-state index contributed by atoms with van der Waals surface area (Å²) < 4.78 is 24.3. The molecule has 0 atom stereocenters. The third-order valence-electron chi connectivity index (χ3n) is 0.807. The van der Waals surface area contributed by atoms with Crippen molar-refractivity contribution in [3.8, 4) is 0 Å². The predicted octanol–water partition coefficient (Wildman–Crippen LogP) is 3.03. The number of hydrogen-bond acceptors (Lipinski definition) is 1. The zero-order valence-electron chi connectivity index (χ0n) is 6.66. The van der Waals surface area contributed by atoms with Crippen molar-refractivity contribution in [3.05, 3.63) is 0 Å². The van der Waals surface area contributed by atoms with Crippen LogP contribution in [-0.4, -0.2) is 17.4 Å². The SMILES string of the molecule is CC(C)CSCC(C)(F)F. The summed E-state index contributed by atoms with van der Waals surface area (Å²) in [6, 6.07) is 0. The quantitative estimate of drug-likeness (QED) is 0.621. The number of alkyl halides is 2. The molecule has 0 rings (SSSR count). The van der Waals surface area contributed by atoms with Crippen LogP contribution in [0.5, 0.6) is 0 Å². The highest BCUT2D eigenvalue weighted by molar-refractivity contribution is 7.99. The van der Waals surface area contributed by atoms with E-state index in [0.717, 1.165) is 12.7 Å². The van der Waals surface area contributed by atoms with Crippen molar-refractivity contribution in [1.82, 2.24) is 0 Å². The predicted molar refractivity (Wildman–Crippen MR) is 42.8 cm³/mol. The third-order valence-corrected chi connectivity index (χ3v) is 2.42. The molecule has 10 heavy (non-hydrogen) atoms. The second-order valence-corrected chi connectivity index (χ2v) is 4.01. The summed E-state index contributed by atoms with van der Waals surface area (Å²) in [5.41, 5.74) is 0. The van der Waals surface area contributed by atoms with Crippen LogP contribution in [0.2, 0.25) is 0 Å². The molecular formula is C7H14F2S. The Kier molecular flexibility index (Phi) is 4.25. The van der Waals surface area contributed by atoms with E-state index < -0.39 is 5.92 Å². The fourth-order valence-electron chi connectivity index (χ4n) is 0.474. The molecule has 0 heterocycles. The molecule has 0 N–H and O–H groups in total. The molecule has 0 aromatic heterocycles. The lowest BCUT2D eigenvalue weighted by Crippen LogP contribution is -2.13. The highest BCUT2D eigenvalue weighted by atomic mass is 32.2. The van der Waals surface area contributed by atoms with Crippen LogP contribution in [0.25, 0.3) is 0 Å². The first kappa shape index (κ1) is 10.2. The number of thioether (sulfide) groups is 1. The van der Waals surface area contributed by atoms with Gasteiger partial charge in [-0.1, -0.05) is 13.8 Å². The van der Waals surface area contributed by atoms with Crippen LogP contribution < -0.4 is 0 Å². The molecule has 0 bridgehead atoms. The van der Waals surface area contributed by atoms with Gasteiger partial charge >= 0.3 is 0 Å². The van der Waals surface area contributed by atoms with Crippen LogP contribution in [-0.2, 0) is 0 Å². The first-order valence-electron chi connectivity index (χ1n) is 3.37. The van der Waals surface area contributed by atoms with Gasteiger partial charge in [0.25, 0.3) is 5.92 Å². The standard InChI is InChI=1S/C7H14F2S/c1-6(2)4-10-5-7(3,8)9/h6H,4-5H2,1-3H3. The van der Waals surface area contributed by atoms with E-state index in [-0.39, 0.29) is 5.75 Å². The molecule has 0 saturated carbocycles. The van der Waals surface area contributed by atoms with E-state index in [1.807, 2.05) is 13.8 Å². The van der Waals surface area contributed by atoms with Crippen molar-refractivity contribution in [3.63, 3.8) is 0 Å². The summed E-state index contributed by atoms with van der Waals surface area (Å²) in [6.07, 6.45) is 0. The fraction of sp³-hybridized carbons (Fsp3) is 1.00. The lowest BCUT2D eigenvalue weighted by molar-refractivity contribution is 0.0492. The smallest absolute Gasteiger partial charge is 0.206 e. The summed E-state index contributed by atoms with van der Waals surface area (Å²) in [6.45, 7) is 5.02. The van der Waals surface area contributed by atoms with E-state index in [9.17, 15) is 8.78 Å². The van der Waals surface area contributed by atoms with E-state index in [1.54, 1.807) is 0 Å². The van der Waals surface area contributed by atoms with E-state index in [1.165, 1.54) is 11.8 Å². The van der Waals surface area contributed by atoms with Crippen LogP contribution in [0.15, 0.2) is 0 Å². The molecule has 0 aliphatic heterocycles. The molecular weight excluding hydrogens is 154 g/mol. The first-order chi connectivity index (χ1) is 4.42. The fourth-order valence-corrected chi connectivity index (χ4v) is 1.42. The van der Waals surface area contributed by atoms with E-state index in [0.29, 0.717) is 5.92 Å². The molecule has 0 aliphatic carbocycles.